The molecule has 0 amide bonds. The van der Waals surface area contributed by atoms with Crippen LogP contribution in [0.3, 0.4) is 0 Å². The van der Waals surface area contributed by atoms with E-state index in [9.17, 15) is 15.0 Å². The molecule has 2 aliphatic rings. The SMILES string of the molecule is O=c1[nH]cnc(C[C@@H](CN2CC(O)C2)c2ccc(C#Cc3ccc(CN4CCOCC4)cc3)c(F)c2)c1O. The standard InChI is InChI=1S/C29H31FN4O4/c30-26-13-23(24(16-34-17-25(35)18-34)14-27-28(36)29(37)32-19-31-27)8-7-22(26)6-5-20-1-3-21(4-2-20)15-33-9-11-38-12-10-33/h1-4,7-8,13,19,24-25,35-36H,9-12,14-18H2,(H,31,32,37)/t24-/m0/s1. The molecule has 38 heavy (non-hydrogen) atoms. The monoisotopic (exact) mass is 518 g/mol. The summed E-state index contributed by atoms with van der Waals surface area (Å²) in [4.78, 5) is 22.7. The van der Waals surface area contributed by atoms with Gasteiger partial charge in [-0.2, -0.15) is 0 Å². The van der Waals surface area contributed by atoms with Gasteiger partial charge in [0.15, 0.2) is 0 Å². The molecule has 1 atom stereocenters. The highest BCUT2D eigenvalue weighted by molar-refractivity contribution is 5.45. The third kappa shape index (κ3) is 6.47. The Hall–Kier alpha value is -3.55. The molecule has 1 aromatic heterocycles. The van der Waals surface area contributed by atoms with E-state index in [0.717, 1.165) is 38.4 Å². The third-order valence-electron chi connectivity index (χ3n) is 7.03. The number of β-amino-alcohol motifs (C(OH)–C–C–N with tert-alkyl or cyclic N) is 1. The lowest BCUT2D eigenvalue weighted by Crippen LogP contribution is -2.52. The van der Waals surface area contributed by atoms with E-state index < -0.39 is 17.1 Å². The number of H-pyrrole nitrogens is 1. The van der Waals surface area contributed by atoms with Gasteiger partial charge in [0.1, 0.15) is 5.82 Å². The second-order valence-electron chi connectivity index (χ2n) is 9.88. The first-order valence-corrected chi connectivity index (χ1v) is 12.8. The van der Waals surface area contributed by atoms with Crippen molar-refractivity contribution in [2.24, 2.45) is 0 Å². The van der Waals surface area contributed by atoms with Gasteiger partial charge in [-0.05, 0) is 35.4 Å². The van der Waals surface area contributed by atoms with Crippen LogP contribution in [-0.4, -0.2) is 82.0 Å². The molecule has 2 fully saturated rings. The largest absolute Gasteiger partial charge is 0.502 e. The van der Waals surface area contributed by atoms with E-state index >= 15 is 4.39 Å². The molecule has 198 valence electrons. The van der Waals surface area contributed by atoms with Crippen molar-refractivity contribution in [1.29, 1.82) is 0 Å². The highest BCUT2D eigenvalue weighted by Crippen LogP contribution is 2.27. The maximum absolute atomic E-state index is 15.1. The van der Waals surface area contributed by atoms with Crippen LogP contribution in [0.5, 0.6) is 5.75 Å². The first-order valence-electron chi connectivity index (χ1n) is 12.8. The number of aliphatic hydroxyl groups is 1. The number of aromatic nitrogens is 2. The van der Waals surface area contributed by atoms with Crippen LogP contribution in [0.25, 0.3) is 0 Å². The van der Waals surface area contributed by atoms with Gasteiger partial charge in [-0.3, -0.25) is 14.6 Å². The minimum absolute atomic E-state index is 0.238. The Balaban J connectivity index is 1.30. The number of aromatic amines is 1. The molecule has 3 aromatic rings. The van der Waals surface area contributed by atoms with Gasteiger partial charge in [-0.25, -0.2) is 9.37 Å². The zero-order chi connectivity index (χ0) is 26.5. The lowest BCUT2D eigenvalue weighted by atomic mass is 9.91. The summed E-state index contributed by atoms with van der Waals surface area (Å²) in [5, 5.41) is 19.8. The van der Waals surface area contributed by atoms with Gasteiger partial charge in [-0.15, -0.1) is 0 Å². The van der Waals surface area contributed by atoms with Crippen LogP contribution in [0.15, 0.2) is 53.6 Å². The second-order valence-corrected chi connectivity index (χ2v) is 9.88. The number of benzene rings is 2. The molecule has 5 rings (SSSR count). The summed E-state index contributed by atoms with van der Waals surface area (Å²) in [5.74, 6) is 4.88. The summed E-state index contributed by atoms with van der Waals surface area (Å²) in [7, 11) is 0. The third-order valence-corrected chi connectivity index (χ3v) is 7.03. The van der Waals surface area contributed by atoms with Crippen LogP contribution in [0, 0.1) is 17.7 Å². The van der Waals surface area contributed by atoms with Gasteiger partial charge in [-0.1, -0.05) is 30.0 Å². The topological polar surface area (TPSA) is 102 Å². The minimum Gasteiger partial charge on any atom is -0.502 e. The Kier molecular flexibility index (Phi) is 8.15. The molecule has 9 heteroatoms. The van der Waals surface area contributed by atoms with Crippen molar-refractivity contribution in [3.63, 3.8) is 0 Å². The summed E-state index contributed by atoms with van der Waals surface area (Å²) < 4.78 is 20.5. The van der Waals surface area contributed by atoms with Crippen molar-refractivity contribution in [2.45, 2.75) is 25.0 Å². The van der Waals surface area contributed by atoms with Crippen LogP contribution < -0.4 is 5.56 Å². The number of aromatic hydroxyl groups is 1. The molecule has 0 spiro atoms. The number of rotatable bonds is 7. The second kappa shape index (κ2) is 11.9. The molecule has 8 nitrogen and oxygen atoms in total. The highest BCUT2D eigenvalue weighted by atomic mass is 19.1. The summed E-state index contributed by atoms with van der Waals surface area (Å²) in [6, 6.07) is 12.9. The summed E-state index contributed by atoms with van der Waals surface area (Å²) in [6.45, 7) is 5.85. The molecule has 2 aliphatic heterocycles. The van der Waals surface area contributed by atoms with Crippen LogP contribution in [0.1, 0.15) is 33.9 Å². The Labute approximate surface area is 220 Å². The van der Waals surface area contributed by atoms with E-state index in [-0.39, 0.29) is 24.1 Å². The summed E-state index contributed by atoms with van der Waals surface area (Å²) in [6.07, 6.45) is 1.13. The van der Waals surface area contributed by atoms with Gasteiger partial charge in [0.25, 0.3) is 5.56 Å². The van der Waals surface area contributed by atoms with Crippen molar-refractivity contribution in [2.75, 3.05) is 45.9 Å². The van der Waals surface area contributed by atoms with Crippen molar-refractivity contribution < 1.29 is 19.3 Å². The molecular weight excluding hydrogens is 487 g/mol. The highest BCUT2D eigenvalue weighted by Gasteiger charge is 2.28. The Bertz CT molecular complexity index is 1370. The average Bonchev–Trinajstić information content (AvgIpc) is 2.90. The quantitative estimate of drug-likeness (QED) is 0.411. The number of hydrogen-bond donors (Lipinski definition) is 3. The molecule has 2 aromatic carbocycles. The smallest absolute Gasteiger partial charge is 0.293 e. The summed E-state index contributed by atoms with van der Waals surface area (Å²) in [5.41, 5.74) is 2.66. The van der Waals surface area contributed by atoms with E-state index in [0.29, 0.717) is 30.8 Å². The number of halogens is 1. The first-order chi connectivity index (χ1) is 18.4. The fraction of sp³-hybridized carbons (Fsp3) is 0.379. The zero-order valence-electron chi connectivity index (χ0n) is 21.1. The van der Waals surface area contributed by atoms with Crippen molar-refractivity contribution in [1.82, 2.24) is 19.8 Å². The fourth-order valence-corrected chi connectivity index (χ4v) is 4.84. The van der Waals surface area contributed by atoms with Crippen LogP contribution >= 0.6 is 0 Å². The maximum Gasteiger partial charge on any atom is 0.293 e. The number of likely N-dealkylation sites (tertiary alicyclic amines) is 1. The van der Waals surface area contributed by atoms with Gasteiger partial charge in [0, 0.05) is 57.2 Å². The van der Waals surface area contributed by atoms with Crippen molar-refractivity contribution in [3.8, 4) is 17.6 Å². The Morgan fingerprint density at radius 1 is 1.11 bits per heavy atom. The summed E-state index contributed by atoms with van der Waals surface area (Å²) >= 11 is 0. The number of aliphatic hydroxyl groups excluding tert-OH is 1. The van der Waals surface area contributed by atoms with Gasteiger partial charge in [0.2, 0.25) is 5.75 Å². The molecule has 0 unspecified atom stereocenters. The van der Waals surface area contributed by atoms with E-state index in [1.165, 1.54) is 18.0 Å². The van der Waals surface area contributed by atoms with E-state index in [2.05, 4.69) is 26.7 Å². The zero-order valence-corrected chi connectivity index (χ0v) is 21.1. The lowest BCUT2D eigenvalue weighted by molar-refractivity contribution is -0.00130. The molecule has 0 bridgehead atoms. The van der Waals surface area contributed by atoms with Gasteiger partial charge < -0.3 is 19.9 Å². The van der Waals surface area contributed by atoms with E-state index in [1.807, 2.05) is 35.2 Å². The van der Waals surface area contributed by atoms with Crippen molar-refractivity contribution in [3.05, 3.63) is 92.9 Å². The molecule has 3 N–H and O–H groups in total. The molecule has 0 radical (unpaired) electrons. The number of ether oxygens (including phenoxy) is 1. The first kappa shape index (κ1) is 26.1. The predicted octanol–water partition coefficient (Wildman–Crippen LogP) is 1.85. The number of hydrogen-bond acceptors (Lipinski definition) is 7. The van der Waals surface area contributed by atoms with Crippen molar-refractivity contribution >= 4 is 0 Å². The molecule has 0 saturated carbocycles. The molecule has 2 saturated heterocycles. The Morgan fingerprint density at radius 3 is 2.58 bits per heavy atom. The lowest BCUT2D eigenvalue weighted by Gasteiger charge is -2.38. The van der Waals surface area contributed by atoms with Crippen LogP contribution in [-0.2, 0) is 17.7 Å². The maximum atomic E-state index is 15.1. The number of nitrogens with one attached hydrogen (secondary N) is 1. The minimum atomic E-state index is -0.612. The fourth-order valence-electron chi connectivity index (χ4n) is 4.84. The van der Waals surface area contributed by atoms with Crippen LogP contribution in [0.4, 0.5) is 4.39 Å². The Morgan fingerprint density at radius 2 is 1.87 bits per heavy atom. The molecule has 0 aliphatic carbocycles. The van der Waals surface area contributed by atoms with E-state index in [1.54, 1.807) is 6.07 Å². The molecule has 3 heterocycles. The van der Waals surface area contributed by atoms with E-state index in [4.69, 9.17) is 4.74 Å². The van der Waals surface area contributed by atoms with Gasteiger partial charge in [0.05, 0.1) is 36.9 Å². The van der Waals surface area contributed by atoms with Crippen LogP contribution in [0.2, 0.25) is 0 Å². The number of morpholine rings is 1. The number of nitrogens with zero attached hydrogens (tertiary/aromatic N) is 3. The normalized spacial score (nSPS) is 17.4. The molecular formula is C29H31FN4O4. The average molecular weight is 519 g/mol. The van der Waals surface area contributed by atoms with Gasteiger partial charge >= 0.3 is 0 Å². The predicted molar refractivity (Wildman–Crippen MR) is 140 cm³/mol.